The molecule has 0 rings (SSSR count). The minimum Gasteiger partial charge on any atom is -0.462 e. The van der Waals surface area contributed by atoms with Gasteiger partial charge in [0.25, 0.3) is 0 Å². The van der Waals surface area contributed by atoms with E-state index in [-0.39, 0.29) is 25.7 Å². The van der Waals surface area contributed by atoms with Gasteiger partial charge in [0.2, 0.25) is 0 Å². The van der Waals surface area contributed by atoms with Crippen LogP contribution in [-0.4, -0.2) is 96.7 Å². The van der Waals surface area contributed by atoms with Crippen molar-refractivity contribution in [3.8, 4) is 0 Å². The molecule has 528 valence electrons. The Morgan fingerprint density at radius 3 is 0.854 bits per heavy atom. The molecule has 0 heterocycles. The van der Waals surface area contributed by atoms with Crippen molar-refractivity contribution in [3.05, 3.63) is 0 Å². The lowest BCUT2D eigenvalue weighted by molar-refractivity contribution is -0.161. The molecule has 0 saturated carbocycles. The van der Waals surface area contributed by atoms with E-state index in [1.165, 1.54) is 161 Å². The number of unbranched alkanes of at least 4 members (excludes halogenated alkanes) is 38. The largest absolute Gasteiger partial charge is 0.472 e. The lowest BCUT2D eigenvalue weighted by Crippen LogP contribution is -2.30. The SMILES string of the molecule is CCCCCCCCCCCCCCCCCCCCCCC(=O)O[C@H](COC(=O)CCCCCCCCCCC(C)CC)COP(=O)(O)OC[C@@H](O)COP(=O)(O)OC[C@@H](COC(=O)CCCCCCCCC)OC(=O)CCCCCCCCCC(C)C. The number of phosphoric acid groups is 2. The number of aliphatic hydroxyl groups excluding tert-OH is 1. The summed E-state index contributed by atoms with van der Waals surface area (Å²) in [6.07, 6.45) is 47.5. The number of hydrogen-bond acceptors (Lipinski definition) is 15. The van der Waals surface area contributed by atoms with Crippen LogP contribution in [0.25, 0.3) is 0 Å². The van der Waals surface area contributed by atoms with Crippen LogP contribution in [0.5, 0.6) is 0 Å². The van der Waals surface area contributed by atoms with Crippen LogP contribution in [0.15, 0.2) is 0 Å². The molecule has 17 nitrogen and oxygen atoms in total. The van der Waals surface area contributed by atoms with Crippen LogP contribution in [0, 0.1) is 11.8 Å². The molecule has 0 aliphatic carbocycles. The van der Waals surface area contributed by atoms with Gasteiger partial charge in [0.1, 0.15) is 19.3 Å². The number of rotatable bonds is 69. The van der Waals surface area contributed by atoms with E-state index in [1.807, 2.05) is 0 Å². The van der Waals surface area contributed by atoms with Gasteiger partial charge in [-0.25, -0.2) is 9.13 Å². The molecule has 6 atom stereocenters. The van der Waals surface area contributed by atoms with Crippen molar-refractivity contribution in [1.82, 2.24) is 0 Å². The Balaban J connectivity index is 5.16. The highest BCUT2D eigenvalue weighted by atomic mass is 31.2. The monoisotopic (exact) mass is 1310 g/mol. The van der Waals surface area contributed by atoms with Gasteiger partial charge in [-0.05, 0) is 37.5 Å². The fraction of sp³-hybridized carbons (Fsp3) is 0.943. The van der Waals surface area contributed by atoms with Crippen LogP contribution in [-0.2, 0) is 65.4 Å². The van der Waals surface area contributed by atoms with E-state index in [0.717, 1.165) is 109 Å². The average molecular weight is 1310 g/mol. The first kappa shape index (κ1) is 87.1. The van der Waals surface area contributed by atoms with Crippen LogP contribution in [0.3, 0.4) is 0 Å². The second-order valence-corrected chi connectivity index (χ2v) is 28.9. The number of carbonyl (C=O) groups excluding carboxylic acids is 4. The zero-order valence-corrected chi connectivity index (χ0v) is 59.5. The molecule has 19 heteroatoms. The van der Waals surface area contributed by atoms with Crippen LogP contribution < -0.4 is 0 Å². The highest BCUT2D eigenvalue weighted by molar-refractivity contribution is 7.47. The third kappa shape index (κ3) is 63.2. The number of esters is 4. The highest BCUT2D eigenvalue weighted by Gasteiger charge is 2.30. The summed E-state index contributed by atoms with van der Waals surface area (Å²) in [5, 5.41) is 10.6. The molecule has 0 amide bonds. The summed E-state index contributed by atoms with van der Waals surface area (Å²) in [6, 6.07) is 0. The first-order valence-electron chi connectivity index (χ1n) is 36.5. The van der Waals surface area contributed by atoms with Crippen molar-refractivity contribution < 1.29 is 80.2 Å². The molecule has 89 heavy (non-hydrogen) atoms. The molecular formula is C70H136O17P2. The standard InChI is InChI=1S/C70H136O17P2/c1-7-10-12-14-16-17-18-19-20-21-22-23-24-25-26-27-28-36-42-48-54-69(74)86-66(59-81-68(73)53-47-41-35-30-29-34-39-45-51-63(6)9-3)61-85-89(78,79)83-57-64(71)56-82-88(76,77)84-60-65(58-80-67(72)52-46-40-32-15-13-11-8-2)87-70(75)55-49-43-37-31-33-38-44-50-62(4)5/h62-66,71H,7-61H2,1-6H3,(H,76,77)(H,78,79)/t63?,64-,65+,66+/m0/s1. The Hall–Kier alpha value is -1.94. The maximum atomic E-state index is 13.0. The summed E-state index contributed by atoms with van der Waals surface area (Å²) in [5.74, 6) is -0.659. The number of ether oxygens (including phenoxy) is 4. The number of phosphoric ester groups is 2. The van der Waals surface area contributed by atoms with Gasteiger partial charge in [0, 0.05) is 25.7 Å². The maximum Gasteiger partial charge on any atom is 0.472 e. The fourth-order valence-corrected chi connectivity index (χ4v) is 12.1. The van der Waals surface area contributed by atoms with Gasteiger partial charge in [-0.1, -0.05) is 305 Å². The van der Waals surface area contributed by atoms with Crippen LogP contribution in [0.1, 0.15) is 356 Å². The van der Waals surface area contributed by atoms with Crippen LogP contribution >= 0.6 is 15.6 Å². The predicted molar refractivity (Wildman–Crippen MR) is 358 cm³/mol. The Morgan fingerprint density at radius 1 is 0.326 bits per heavy atom. The predicted octanol–water partition coefficient (Wildman–Crippen LogP) is 20.0. The second-order valence-electron chi connectivity index (χ2n) is 26.0. The minimum atomic E-state index is -4.95. The molecule has 0 aromatic carbocycles. The van der Waals surface area contributed by atoms with Crippen LogP contribution in [0.4, 0.5) is 0 Å². The van der Waals surface area contributed by atoms with Crippen molar-refractivity contribution >= 4 is 39.5 Å². The summed E-state index contributed by atoms with van der Waals surface area (Å²) < 4.78 is 68.1. The number of aliphatic hydroxyl groups is 1. The van der Waals surface area contributed by atoms with E-state index in [2.05, 4.69) is 41.5 Å². The first-order valence-corrected chi connectivity index (χ1v) is 39.5. The molecule has 0 saturated heterocycles. The molecule has 0 aliphatic rings. The zero-order valence-electron chi connectivity index (χ0n) is 57.7. The third-order valence-corrected chi connectivity index (χ3v) is 18.5. The van der Waals surface area contributed by atoms with Gasteiger partial charge < -0.3 is 33.8 Å². The first-order chi connectivity index (χ1) is 42.9. The van der Waals surface area contributed by atoms with E-state index in [0.29, 0.717) is 31.6 Å². The van der Waals surface area contributed by atoms with E-state index < -0.39 is 97.5 Å². The minimum absolute atomic E-state index is 0.103. The summed E-state index contributed by atoms with van der Waals surface area (Å²) in [5.41, 5.74) is 0. The van der Waals surface area contributed by atoms with Gasteiger partial charge in [0.15, 0.2) is 12.2 Å². The van der Waals surface area contributed by atoms with E-state index in [4.69, 9.17) is 37.0 Å². The lowest BCUT2D eigenvalue weighted by atomic mass is 9.99. The molecule has 0 bridgehead atoms. The van der Waals surface area contributed by atoms with Crippen molar-refractivity contribution in [2.24, 2.45) is 11.8 Å². The highest BCUT2D eigenvalue weighted by Crippen LogP contribution is 2.45. The Bertz CT molecular complexity index is 1740. The maximum absolute atomic E-state index is 13.0. The van der Waals surface area contributed by atoms with Crippen molar-refractivity contribution in [3.63, 3.8) is 0 Å². The lowest BCUT2D eigenvalue weighted by Gasteiger charge is -2.21. The third-order valence-electron chi connectivity index (χ3n) is 16.6. The summed E-state index contributed by atoms with van der Waals surface area (Å²) >= 11 is 0. The van der Waals surface area contributed by atoms with Crippen molar-refractivity contribution in [2.75, 3.05) is 39.6 Å². The molecule has 0 aromatic heterocycles. The van der Waals surface area contributed by atoms with Gasteiger partial charge in [-0.3, -0.25) is 37.3 Å². The van der Waals surface area contributed by atoms with Gasteiger partial charge in [-0.15, -0.1) is 0 Å². The van der Waals surface area contributed by atoms with Crippen molar-refractivity contribution in [2.45, 2.75) is 374 Å². The molecule has 0 spiro atoms. The zero-order chi connectivity index (χ0) is 65.7. The fourth-order valence-electron chi connectivity index (χ4n) is 10.6. The summed E-state index contributed by atoms with van der Waals surface area (Å²) in [7, 11) is -9.89. The van der Waals surface area contributed by atoms with Gasteiger partial charge in [-0.2, -0.15) is 0 Å². The normalized spacial score (nSPS) is 14.4. The Labute approximate surface area is 543 Å². The van der Waals surface area contributed by atoms with Gasteiger partial charge >= 0.3 is 39.5 Å². The molecular weight excluding hydrogens is 1170 g/mol. The van der Waals surface area contributed by atoms with E-state index in [9.17, 15) is 43.2 Å². The average Bonchev–Trinajstić information content (AvgIpc) is 3.72. The molecule has 0 aliphatic heterocycles. The van der Waals surface area contributed by atoms with Gasteiger partial charge in [0.05, 0.1) is 26.4 Å². The number of hydrogen-bond donors (Lipinski definition) is 3. The Morgan fingerprint density at radius 2 is 0.573 bits per heavy atom. The molecule has 0 aromatic rings. The smallest absolute Gasteiger partial charge is 0.462 e. The van der Waals surface area contributed by atoms with E-state index in [1.54, 1.807) is 0 Å². The van der Waals surface area contributed by atoms with E-state index >= 15 is 0 Å². The summed E-state index contributed by atoms with van der Waals surface area (Å²) in [4.78, 5) is 72.3. The van der Waals surface area contributed by atoms with Crippen molar-refractivity contribution in [1.29, 1.82) is 0 Å². The topological polar surface area (TPSA) is 237 Å². The summed E-state index contributed by atoms with van der Waals surface area (Å²) in [6.45, 7) is 9.44. The Kier molecular flexibility index (Phi) is 60.8. The molecule has 0 radical (unpaired) electrons. The molecule has 3 unspecified atom stereocenters. The quantitative estimate of drug-likeness (QED) is 0.0222. The number of carbonyl (C=O) groups is 4. The van der Waals surface area contributed by atoms with Crippen LogP contribution in [0.2, 0.25) is 0 Å². The molecule has 3 N–H and O–H groups in total. The second kappa shape index (κ2) is 62.2. The molecule has 0 fully saturated rings.